The lowest BCUT2D eigenvalue weighted by Crippen LogP contribution is -2.70. The lowest BCUT2D eigenvalue weighted by atomic mass is 9.41. The van der Waals surface area contributed by atoms with Crippen LogP contribution in [0.3, 0.4) is 0 Å². The van der Waals surface area contributed by atoms with E-state index in [4.69, 9.17) is 9.31 Å². The third kappa shape index (κ3) is 0.950. The summed E-state index contributed by atoms with van der Waals surface area (Å²) in [6.07, 6.45) is 2.49. The minimum Gasteiger partial charge on any atom is -0.403 e. The van der Waals surface area contributed by atoms with Crippen LogP contribution in [0.25, 0.3) is 0 Å². The molecule has 4 aliphatic rings. The predicted octanol–water partition coefficient (Wildman–Crippen LogP) is 2.73. The molecule has 4 atom stereocenters. The highest BCUT2D eigenvalue weighted by atomic mass is 16.7. The van der Waals surface area contributed by atoms with E-state index in [1.807, 2.05) is 6.82 Å². The van der Waals surface area contributed by atoms with Gasteiger partial charge in [-0.05, 0) is 50.8 Å². The van der Waals surface area contributed by atoms with Crippen LogP contribution in [-0.4, -0.2) is 18.3 Å². The third-order valence-electron chi connectivity index (χ3n) is 5.66. The molecule has 1 aliphatic heterocycles. The molecule has 4 rings (SSSR count). The zero-order valence-corrected chi connectivity index (χ0v) is 10.5. The van der Waals surface area contributed by atoms with E-state index in [9.17, 15) is 0 Å². The first-order valence-corrected chi connectivity index (χ1v) is 6.15. The van der Waals surface area contributed by atoms with Crippen molar-refractivity contribution in [3.8, 4) is 0 Å². The second kappa shape index (κ2) is 2.46. The molecule has 3 heteroatoms. The molecule has 0 aromatic rings. The van der Waals surface area contributed by atoms with Gasteiger partial charge in [-0.25, -0.2) is 0 Å². The Morgan fingerprint density at radius 3 is 2.40 bits per heavy atom. The molecule has 2 nitrogen and oxygen atoms in total. The van der Waals surface area contributed by atoms with Crippen LogP contribution < -0.4 is 0 Å². The van der Waals surface area contributed by atoms with Gasteiger partial charge in [0.1, 0.15) is 0 Å². The van der Waals surface area contributed by atoms with Gasteiger partial charge in [0.15, 0.2) is 0 Å². The lowest BCUT2D eigenvalue weighted by molar-refractivity contribution is -0.234. The number of hydrogen-bond donors (Lipinski definition) is 0. The van der Waals surface area contributed by atoms with Gasteiger partial charge in [0.05, 0.1) is 11.2 Å². The van der Waals surface area contributed by atoms with E-state index in [0.29, 0.717) is 11.3 Å². The fraction of sp³-hybridized carbons (Fsp3) is 1.00. The Kier molecular flexibility index (Phi) is 1.66. The summed E-state index contributed by atoms with van der Waals surface area (Å²) in [5.74, 6) is 1.49. The Morgan fingerprint density at radius 1 is 1.13 bits per heavy atom. The highest BCUT2D eigenvalue weighted by molar-refractivity contribution is 6.43. The van der Waals surface area contributed by atoms with E-state index in [2.05, 4.69) is 27.7 Å². The minimum atomic E-state index is -0.0648. The van der Waals surface area contributed by atoms with Gasteiger partial charge < -0.3 is 9.31 Å². The van der Waals surface area contributed by atoms with Crippen molar-refractivity contribution in [2.24, 2.45) is 17.3 Å². The first-order chi connectivity index (χ1) is 6.80. The van der Waals surface area contributed by atoms with Crippen LogP contribution in [0.4, 0.5) is 0 Å². The van der Waals surface area contributed by atoms with Gasteiger partial charge in [-0.3, -0.25) is 0 Å². The van der Waals surface area contributed by atoms with Crippen LogP contribution in [0.1, 0.15) is 40.5 Å². The summed E-state index contributed by atoms with van der Waals surface area (Å²) in [6, 6.07) is 0. The maximum absolute atomic E-state index is 6.12. The van der Waals surface area contributed by atoms with Gasteiger partial charge in [-0.1, -0.05) is 13.8 Å². The van der Waals surface area contributed by atoms with Crippen molar-refractivity contribution in [3.05, 3.63) is 0 Å². The number of hydrogen-bond acceptors (Lipinski definition) is 2. The van der Waals surface area contributed by atoms with Gasteiger partial charge in [0, 0.05) is 0 Å². The molecule has 2 bridgehead atoms. The Labute approximate surface area is 92.9 Å². The van der Waals surface area contributed by atoms with Crippen molar-refractivity contribution in [1.82, 2.24) is 0 Å². The summed E-state index contributed by atoms with van der Waals surface area (Å²) < 4.78 is 12.1. The summed E-state index contributed by atoms with van der Waals surface area (Å²) in [5, 5.41) is 0. The van der Waals surface area contributed by atoms with Crippen molar-refractivity contribution in [3.63, 3.8) is 0 Å². The molecule has 1 saturated heterocycles. The van der Waals surface area contributed by atoms with Crippen molar-refractivity contribution in [2.75, 3.05) is 0 Å². The van der Waals surface area contributed by atoms with E-state index in [0.717, 1.165) is 12.3 Å². The Bertz CT molecular complexity index is 317. The molecule has 0 amide bonds. The van der Waals surface area contributed by atoms with Crippen LogP contribution in [-0.2, 0) is 9.31 Å². The van der Waals surface area contributed by atoms with Crippen LogP contribution >= 0.6 is 0 Å². The molecule has 0 radical (unpaired) electrons. The van der Waals surface area contributed by atoms with E-state index in [-0.39, 0.29) is 18.3 Å². The van der Waals surface area contributed by atoms with E-state index >= 15 is 0 Å². The summed E-state index contributed by atoms with van der Waals surface area (Å²) in [6.45, 7) is 11.3. The second-order valence-corrected chi connectivity index (χ2v) is 6.65. The first kappa shape index (κ1) is 10.2. The zero-order valence-electron chi connectivity index (χ0n) is 10.5. The topological polar surface area (TPSA) is 18.5 Å². The highest BCUT2D eigenvalue weighted by Gasteiger charge is 2.71. The number of rotatable bonds is 0. The van der Waals surface area contributed by atoms with Crippen LogP contribution in [0.15, 0.2) is 0 Å². The first-order valence-electron chi connectivity index (χ1n) is 6.15. The van der Waals surface area contributed by atoms with Gasteiger partial charge >= 0.3 is 7.12 Å². The molecule has 1 heterocycles. The molecule has 0 aromatic carbocycles. The molecule has 4 unspecified atom stereocenters. The largest absolute Gasteiger partial charge is 0.454 e. The van der Waals surface area contributed by atoms with E-state index < -0.39 is 0 Å². The van der Waals surface area contributed by atoms with Crippen LogP contribution in [0, 0.1) is 17.3 Å². The Balaban J connectivity index is 2.02. The fourth-order valence-electron chi connectivity index (χ4n) is 4.45. The molecule has 3 saturated carbocycles. The fourth-order valence-corrected chi connectivity index (χ4v) is 4.45. The average Bonchev–Trinajstić information content (AvgIpc) is 2.32. The van der Waals surface area contributed by atoms with E-state index in [1.165, 1.54) is 6.42 Å². The Hall–Kier alpha value is -0.0151. The molecular formula is C12H21BO2. The van der Waals surface area contributed by atoms with Crippen LogP contribution in [0.5, 0.6) is 0 Å². The second-order valence-electron chi connectivity index (χ2n) is 6.65. The summed E-state index contributed by atoms with van der Waals surface area (Å²) in [4.78, 5) is 0. The molecule has 0 spiro atoms. The zero-order chi connectivity index (χ0) is 11.1. The normalized spacial score (nSPS) is 56.2. The van der Waals surface area contributed by atoms with Crippen molar-refractivity contribution in [1.29, 1.82) is 0 Å². The summed E-state index contributed by atoms with van der Waals surface area (Å²) in [5.41, 5.74) is 0.335. The highest BCUT2D eigenvalue weighted by Crippen LogP contribution is 2.68. The maximum atomic E-state index is 6.12. The summed E-state index contributed by atoms with van der Waals surface area (Å²) in [7, 11) is -0.0323. The Morgan fingerprint density at radius 2 is 1.80 bits per heavy atom. The van der Waals surface area contributed by atoms with Crippen molar-refractivity contribution < 1.29 is 9.31 Å². The standard InChI is InChI=1S/C12H21BO2/c1-10(2)8-6-9(10)12(4)11(3,7-8)14-13(5)15-12/h8-9H,6-7H2,1-5H3. The summed E-state index contributed by atoms with van der Waals surface area (Å²) >= 11 is 0. The van der Waals surface area contributed by atoms with Gasteiger partial charge in [-0.15, -0.1) is 0 Å². The molecule has 4 fully saturated rings. The van der Waals surface area contributed by atoms with E-state index in [1.54, 1.807) is 0 Å². The van der Waals surface area contributed by atoms with Gasteiger partial charge in [0.2, 0.25) is 0 Å². The van der Waals surface area contributed by atoms with Gasteiger partial charge in [0.25, 0.3) is 0 Å². The molecule has 15 heavy (non-hydrogen) atoms. The molecule has 3 aliphatic carbocycles. The van der Waals surface area contributed by atoms with Crippen LogP contribution in [0.2, 0.25) is 6.82 Å². The monoisotopic (exact) mass is 208 g/mol. The molecule has 0 N–H and O–H groups in total. The average molecular weight is 208 g/mol. The lowest BCUT2D eigenvalue weighted by Gasteiger charge is -2.67. The van der Waals surface area contributed by atoms with Crippen molar-refractivity contribution >= 4 is 7.12 Å². The maximum Gasteiger partial charge on any atom is 0.454 e. The third-order valence-corrected chi connectivity index (χ3v) is 5.66. The quantitative estimate of drug-likeness (QED) is 0.570. The minimum absolute atomic E-state index is 0.0323. The van der Waals surface area contributed by atoms with Crippen molar-refractivity contribution in [2.45, 2.75) is 58.6 Å². The molecule has 0 aromatic heterocycles. The van der Waals surface area contributed by atoms with Gasteiger partial charge in [-0.2, -0.15) is 0 Å². The smallest absolute Gasteiger partial charge is 0.403 e. The SMILES string of the molecule is CB1OC2(C)CC3CC(C3(C)C)C2(C)O1. The predicted molar refractivity (Wildman–Crippen MR) is 60.6 cm³/mol. The molecular weight excluding hydrogens is 187 g/mol. The molecule has 84 valence electrons.